The molecule has 0 aromatic carbocycles. The highest BCUT2D eigenvalue weighted by Gasteiger charge is 2.13. The molecule has 0 rings (SSSR count). The third kappa shape index (κ3) is 3.20. The molecule has 0 fully saturated rings. The Kier molecular flexibility index (Phi) is 4.06. The van der Waals surface area contributed by atoms with Gasteiger partial charge in [0.1, 0.15) is 11.7 Å². The van der Waals surface area contributed by atoms with Crippen molar-refractivity contribution in [3.05, 3.63) is 11.9 Å². The number of rotatable bonds is 3. The lowest BCUT2D eigenvalue weighted by Crippen LogP contribution is -2.09. The number of aliphatic carboxylic acids is 1. The molecule has 12 heavy (non-hydrogen) atoms. The van der Waals surface area contributed by atoms with E-state index in [-0.39, 0.29) is 5.92 Å². The molecule has 0 aromatic rings. The maximum Gasteiger partial charge on any atom is 0.322 e. The largest absolute Gasteiger partial charge is 0.480 e. The minimum Gasteiger partial charge on any atom is -0.480 e. The molecule has 0 aliphatic heterocycles. The number of carboxylic acids is 1. The van der Waals surface area contributed by atoms with E-state index in [0.717, 1.165) is 6.08 Å². The van der Waals surface area contributed by atoms with Crippen LogP contribution >= 0.6 is 0 Å². The lowest BCUT2D eigenvalue weighted by atomic mass is 10.1. The van der Waals surface area contributed by atoms with Crippen molar-refractivity contribution in [3.8, 4) is 12.3 Å². The summed E-state index contributed by atoms with van der Waals surface area (Å²) in [5, 5.41) is 8.45. The van der Waals surface area contributed by atoms with Gasteiger partial charge in [-0.25, -0.2) is 4.39 Å². The topological polar surface area (TPSA) is 37.3 Å². The van der Waals surface area contributed by atoms with Crippen LogP contribution in [0, 0.1) is 24.2 Å². The number of hydrogen-bond acceptors (Lipinski definition) is 1. The van der Waals surface area contributed by atoms with E-state index in [4.69, 9.17) is 11.5 Å². The van der Waals surface area contributed by atoms with E-state index in [1.807, 2.05) is 5.92 Å². The molecule has 0 saturated heterocycles. The Bertz CT molecular complexity index is 235. The molecule has 0 aromatic heterocycles. The van der Waals surface area contributed by atoms with Gasteiger partial charge in [-0.1, -0.05) is 19.8 Å². The number of carbonyl (C=O) groups is 1. The van der Waals surface area contributed by atoms with Gasteiger partial charge in [0.05, 0.1) is 0 Å². The molecule has 2 nitrogen and oxygen atoms in total. The molecule has 0 bridgehead atoms. The van der Waals surface area contributed by atoms with Crippen LogP contribution < -0.4 is 0 Å². The monoisotopic (exact) mass is 170 g/mol. The summed E-state index contributed by atoms with van der Waals surface area (Å²) in [6.45, 7) is 3.25. The molecule has 1 atom stereocenters. The highest BCUT2D eigenvalue weighted by atomic mass is 19.1. The first-order valence-electron chi connectivity index (χ1n) is 3.55. The second-order valence-electron chi connectivity index (χ2n) is 2.69. The number of hydrogen-bond donors (Lipinski definition) is 1. The first kappa shape index (κ1) is 10.7. The van der Waals surface area contributed by atoms with Gasteiger partial charge in [-0.05, 0) is 6.08 Å². The maximum absolute atomic E-state index is 12.8. The van der Waals surface area contributed by atoms with E-state index in [9.17, 15) is 9.18 Å². The van der Waals surface area contributed by atoms with Gasteiger partial charge in [-0.2, -0.15) is 0 Å². The summed E-state index contributed by atoms with van der Waals surface area (Å²) >= 11 is 0. The van der Waals surface area contributed by atoms with Gasteiger partial charge in [0.15, 0.2) is 0 Å². The molecule has 0 amide bonds. The molecule has 0 aliphatic carbocycles. The zero-order chi connectivity index (χ0) is 9.72. The van der Waals surface area contributed by atoms with Crippen LogP contribution in [0.2, 0.25) is 0 Å². The average molecular weight is 170 g/mol. The molecule has 1 N–H and O–H groups in total. The molecule has 66 valence electrons. The van der Waals surface area contributed by atoms with E-state index < -0.39 is 17.7 Å². The van der Waals surface area contributed by atoms with Crippen molar-refractivity contribution < 1.29 is 14.3 Å². The fraction of sp³-hybridized carbons (Fsp3) is 0.444. The van der Waals surface area contributed by atoms with Crippen LogP contribution in [0.1, 0.15) is 13.8 Å². The predicted octanol–water partition coefficient (Wildman–Crippen LogP) is 1.83. The van der Waals surface area contributed by atoms with Crippen molar-refractivity contribution in [1.82, 2.24) is 0 Å². The van der Waals surface area contributed by atoms with Crippen molar-refractivity contribution in [2.24, 2.45) is 11.8 Å². The molecule has 0 radical (unpaired) electrons. The lowest BCUT2D eigenvalue weighted by molar-refractivity contribution is -0.138. The molecule has 0 aliphatic rings. The fourth-order valence-corrected chi connectivity index (χ4v) is 0.542. The Hall–Kier alpha value is -1.30. The minimum absolute atomic E-state index is 0.319. The zero-order valence-electron chi connectivity index (χ0n) is 7.04. The first-order chi connectivity index (χ1) is 5.49. The van der Waals surface area contributed by atoms with Crippen molar-refractivity contribution >= 4 is 5.97 Å². The maximum atomic E-state index is 12.8. The van der Waals surface area contributed by atoms with Crippen LogP contribution in [-0.2, 0) is 4.79 Å². The summed E-state index contributed by atoms with van der Waals surface area (Å²) in [6, 6.07) is 0. The summed E-state index contributed by atoms with van der Waals surface area (Å²) in [5.41, 5.74) is 0. The Morgan fingerprint density at radius 2 is 2.17 bits per heavy atom. The number of allylic oxidation sites excluding steroid dienone is 1. The number of carboxylic acid groups (broad SMARTS) is 1. The number of terminal acetylenes is 1. The summed E-state index contributed by atoms with van der Waals surface area (Å²) in [7, 11) is 0. The van der Waals surface area contributed by atoms with Gasteiger partial charge >= 0.3 is 5.97 Å². The van der Waals surface area contributed by atoms with Crippen LogP contribution in [0.5, 0.6) is 0 Å². The molecular weight excluding hydrogens is 159 g/mol. The second-order valence-corrected chi connectivity index (χ2v) is 2.69. The summed E-state index contributed by atoms with van der Waals surface area (Å²) in [5.74, 6) is -1.19. The van der Waals surface area contributed by atoms with Crippen molar-refractivity contribution in [2.45, 2.75) is 13.8 Å². The zero-order valence-corrected chi connectivity index (χ0v) is 7.04. The van der Waals surface area contributed by atoms with Gasteiger partial charge in [0.25, 0.3) is 0 Å². The molecule has 0 saturated carbocycles. The van der Waals surface area contributed by atoms with Crippen molar-refractivity contribution in [2.75, 3.05) is 0 Å². The predicted molar refractivity (Wildman–Crippen MR) is 44.0 cm³/mol. The first-order valence-corrected chi connectivity index (χ1v) is 3.55. The Morgan fingerprint density at radius 3 is 2.42 bits per heavy atom. The molecule has 0 heterocycles. The summed E-state index contributed by atoms with van der Waals surface area (Å²) in [6.07, 6.45) is 5.83. The Balaban J connectivity index is 4.50. The van der Waals surface area contributed by atoms with Gasteiger partial charge in [0.2, 0.25) is 0 Å². The van der Waals surface area contributed by atoms with E-state index >= 15 is 0 Å². The Morgan fingerprint density at radius 1 is 1.67 bits per heavy atom. The smallest absolute Gasteiger partial charge is 0.322 e. The lowest BCUT2D eigenvalue weighted by Gasteiger charge is -2.02. The standard InChI is InChI=1S/C9H11FO2/c1-4-7(9(11)12)5-8(10)6(2)3/h1,5-7H,2-3H3,(H,11,12)/b8-5+. The van der Waals surface area contributed by atoms with E-state index in [2.05, 4.69) is 0 Å². The summed E-state index contributed by atoms with van der Waals surface area (Å²) < 4.78 is 12.8. The summed E-state index contributed by atoms with van der Waals surface area (Å²) in [4.78, 5) is 10.3. The van der Waals surface area contributed by atoms with Gasteiger partial charge in [0, 0.05) is 5.92 Å². The molecule has 1 unspecified atom stereocenters. The quantitative estimate of drug-likeness (QED) is 0.656. The van der Waals surface area contributed by atoms with E-state index in [1.54, 1.807) is 13.8 Å². The molecule has 3 heteroatoms. The van der Waals surface area contributed by atoms with Crippen molar-refractivity contribution in [3.63, 3.8) is 0 Å². The SMILES string of the molecule is C#CC(/C=C(/F)C(C)C)C(=O)O. The fourth-order valence-electron chi connectivity index (χ4n) is 0.542. The average Bonchev–Trinajstić information content (AvgIpc) is 1.98. The third-order valence-electron chi connectivity index (χ3n) is 1.32. The van der Waals surface area contributed by atoms with Crippen LogP contribution in [0.4, 0.5) is 4.39 Å². The van der Waals surface area contributed by atoms with Gasteiger partial charge in [-0.3, -0.25) is 4.79 Å². The van der Waals surface area contributed by atoms with Crippen molar-refractivity contribution in [1.29, 1.82) is 0 Å². The number of halogens is 1. The second kappa shape index (κ2) is 4.55. The normalized spacial score (nSPS) is 14.1. The van der Waals surface area contributed by atoms with Crippen LogP contribution in [0.15, 0.2) is 11.9 Å². The van der Waals surface area contributed by atoms with Gasteiger partial charge < -0.3 is 5.11 Å². The third-order valence-corrected chi connectivity index (χ3v) is 1.32. The Labute approximate surface area is 71.1 Å². The van der Waals surface area contributed by atoms with Crippen LogP contribution in [-0.4, -0.2) is 11.1 Å². The van der Waals surface area contributed by atoms with Crippen LogP contribution in [0.25, 0.3) is 0 Å². The minimum atomic E-state index is -1.20. The molecule has 0 spiro atoms. The highest BCUT2D eigenvalue weighted by Crippen LogP contribution is 2.13. The van der Waals surface area contributed by atoms with E-state index in [0.29, 0.717) is 0 Å². The van der Waals surface area contributed by atoms with Crippen LogP contribution in [0.3, 0.4) is 0 Å². The van der Waals surface area contributed by atoms with E-state index in [1.165, 1.54) is 0 Å². The molecular formula is C9H11FO2. The van der Waals surface area contributed by atoms with Gasteiger partial charge in [-0.15, -0.1) is 6.42 Å². The highest BCUT2D eigenvalue weighted by molar-refractivity contribution is 5.75.